The minimum atomic E-state index is -3.62. The molecule has 0 spiro atoms. The highest BCUT2D eigenvalue weighted by Crippen LogP contribution is 2.23. The van der Waals surface area contributed by atoms with Crippen LogP contribution in [-0.4, -0.2) is 53.0 Å². The van der Waals surface area contributed by atoms with Gasteiger partial charge in [0, 0.05) is 11.8 Å². The van der Waals surface area contributed by atoms with Gasteiger partial charge in [-0.1, -0.05) is 0 Å². The molecule has 1 heterocycles. The lowest BCUT2D eigenvalue weighted by Gasteiger charge is -2.19. The summed E-state index contributed by atoms with van der Waals surface area (Å²) in [6.45, 7) is 0.456. The van der Waals surface area contributed by atoms with Gasteiger partial charge in [0.05, 0.1) is 6.54 Å². The van der Waals surface area contributed by atoms with Crippen molar-refractivity contribution >= 4 is 17.7 Å². The van der Waals surface area contributed by atoms with E-state index in [2.05, 4.69) is 0 Å². The minimum absolute atomic E-state index is 0.361. The van der Waals surface area contributed by atoms with Crippen LogP contribution in [0.3, 0.4) is 0 Å². The van der Waals surface area contributed by atoms with Crippen LogP contribution in [0, 0.1) is 0 Å². The number of nitrogens with zero attached hydrogens (tertiary/aromatic N) is 1. The molecule has 1 atom stereocenters. The fraction of sp³-hybridized carbons (Fsp3) is 0.875. The van der Waals surface area contributed by atoms with Crippen molar-refractivity contribution in [1.29, 1.82) is 0 Å². The third kappa shape index (κ3) is 2.81. The van der Waals surface area contributed by atoms with Crippen molar-refractivity contribution in [1.82, 2.24) is 4.90 Å². The van der Waals surface area contributed by atoms with Gasteiger partial charge in [-0.25, -0.2) is 4.79 Å². The second kappa shape index (κ2) is 4.44. The van der Waals surface area contributed by atoms with Gasteiger partial charge >= 0.3 is 11.9 Å². The summed E-state index contributed by atoms with van der Waals surface area (Å²) in [6, 6.07) is 0. The molecule has 82 valence electrons. The van der Waals surface area contributed by atoms with E-state index in [0.717, 1.165) is 6.42 Å². The maximum Gasteiger partial charge on any atom is 0.375 e. The maximum absolute atomic E-state index is 12.8. The minimum Gasteiger partial charge on any atom is -0.477 e. The zero-order chi connectivity index (χ0) is 10.8. The molecule has 0 saturated carbocycles. The van der Waals surface area contributed by atoms with Gasteiger partial charge in [0.15, 0.2) is 0 Å². The Morgan fingerprint density at radius 2 is 2.36 bits per heavy atom. The van der Waals surface area contributed by atoms with Crippen molar-refractivity contribution < 1.29 is 18.7 Å². The van der Waals surface area contributed by atoms with Crippen LogP contribution >= 0.6 is 11.8 Å². The first-order valence-electron chi connectivity index (χ1n) is 4.32. The van der Waals surface area contributed by atoms with Crippen LogP contribution in [0.5, 0.6) is 0 Å². The standard InChI is InChI=1S/C8H13F2NO2S/c1-14-6-2-3-11(4-6)5-8(9,10)7(12)13/h6H,2-5H2,1H3,(H,12,13). The molecule has 0 amide bonds. The van der Waals surface area contributed by atoms with Gasteiger partial charge in [0.25, 0.3) is 0 Å². The van der Waals surface area contributed by atoms with Crippen molar-refractivity contribution in [3.8, 4) is 0 Å². The molecule has 0 bridgehead atoms. The SMILES string of the molecule is CSC1CCN(CC(F)(F)C(=O)O)C1. The number of carboxylic acids is 1. The molecule has 6 heteroatoms. The van der Waals surface area contributed by atoms with Crippen molar-refractivity contribution in [2.45, 2.75) is 17.6 Å². The third-order valence-corrected chi connectivity index (χ3v) is 3.35. The molecule has 1 aliphatic heterocycles. The number of hydrogen-bond donors (Lipinski definition) is 1. The van der Waals surface area contributed by atoms with E-state index in [1.807, 2.05) is 6.26 Å². The highest BCUT2D eigenvalue weighted by Gasteiger charge is 2.41. The van der Waals surface area contributed by atoms with Crippen LogP contribution in [0.25, 0.3) is 0 Å². The highest BCUT2D eigenvalue weighted by molar-refractivity contribution is 7.99. The number of hydrogen-bond acceptors (Lipinski definition) is 3. The Bertz CT molecular complexity index is 225. The molecule has 0 aliphatic carbocycles. The zero-order valence-electron chi connectivity index (χ0n) is 7.87. The second-order valence-corrected chi connectivity index (χ2v) is 4.53. The Morgan fingerprint density at radius 1 is 1.71 bits per heavy atom. The first-order chi connectivity index (χ1) is 6.45. The molecule has 1 aliphatic rings. The monoisotopic (exact) mass is 225 g/mol. The number of halogens is 2. The molecule has 1 fully saturated rings. The lowest BCUT2D eigenvalue weighted by molar-refractivity contribution is -0.167. The van der Waals surface area contributed by atoms with Crippen molar-refractivity contribution in [3.05, 3.63) is 0 Å². The lowest BCUT2D eigenvalue weighted by atomic mass is 10.3. The number of rotatable bonds is 4. The molecule has 0 radical (unpaired) electrons. The number of aliphatic carboxylic acids is 1. The topological polar surface area (TPSA) is 40.5 Å². The van der Waals surface area contributed by atoms with Gasteiger partial charge in [-0.2, -0.15) is 20.5 Å². The number of carboxylic acid groups (broad SMARTS) is 1. The van der Waals surface area contributed by atoms with Gasteiger partial charge in [0.1, 0.15) is 0 Å². The predicted octanol–water partition coefficient (Wildman–Crippen LogP) is 1.14. The number of thioether (sulfide) groups is 1. The van der Waals surface area contributed by atoms with Crippen LogP contribution < -0.4 is 0 Å². The van der Waals surface area contributed by atoms with E-state index in [0.29, 0.717) is 18.3 Å². The van der Waals surface area contributed by atoms with Crippen LogP contribution in [0.4, 0.5) is 8.78 Å². The number of carbonyl (C=O) groups is 1. The first-order valence-corrected chi connectivity index (χ1v) is 5.61. The highest BCUT2D eigenvalue weighted by atomic mass is 32.2. The van der Waals surface area contributed by atoms with Crippen LogP contribution in [0.2, 0.25) is 0 Å². The normalized spacial score (nSPS) is 24.1. The van der Waals surface area contributed by atoms with Gasteiger partial charge in [-0.15, -0.1) is 0 Å². The van der Waals surface area contributed by atoms with Gasteiger partial charge in [0.2, 0.25) is 0 Å². The van der Waals surface area contributed by atoms with Crippen molar-refractivity contribution in [2.75, 3.05) is 25.9 Å². The molecular weight excluding hydrogens is 212 g/mol. The lowest BCUT2D eigenvalue weighted by Crippen LogP contribution is -2.41. The van der Waals surface area contributed by atoms with E-state index in [-0.39, 0.29) is 0 Å². The van der Waals surface area contributed by atoms with E-state index in [1.54, 1.807) is 11.8 Å². The molecule has 1 N–H and O–H groups in total. The fourth-order valence-corrected chi connectivity index (χ4v) is 2.18. The average molecular weight is 225 g/mol. The van der Waals surface area contributed by atoms with Crippen LogP contribution in [0.1, 0.15) is 6.42 Å². The second-order valence-electron chi connectivity index (χ2n) is 3.39. The Morgan fingerprint density at radius 3 is 2.79 bits per heavy atom. The molecule has 14 heavy (non-hydrogen) atoms. The Kier molecular flexibility index (Phi) is 3.71. The fourth-order valence-electron chi connectivity index (χ4n) is 1.48. The summed E-state index contributed by atoms with van der Waals surface area (Å²) in [5.74, 6) is -5.65. The van der Waals surface area contributed by atoms with Crippen LogP contribution in [0.15, 0.2) is 0 Å². The quantitative estimate of drug-likeness (QED) is 0.779. The summed E-state index contributed by atoms with van der Waals surface area (Å²) in [5.41, 5.74) is 0. The molecular formula is C8H13F2NO2S. The van der Waals surface area contributed by atoms with Gasteiger partial charge < -0.3 is 5.11 Å². The van der Waals surface area contributed by atoms with Crippen LogP contribution in [-0.2, 0) is 4.79 Å². The molecule has 0 aromatic heterocycles. The molecule has 0 aromatic carbocycles. The summed E-state index contributed by atoms with van der Waals surface area (Å²) < 4.78 is 25.6. The smallest absolute Gasteiger partial charge is 0.375 e. The van der Waals surface area contributed by atoms with Gasteiger partial charge in [-0.05, 0) is 19.2 Å². The van der Waals surface area contributed by atoms with Crippen molar-refractivity contribution in [2.24, 2.45) is 0 Å². The van der Waals surface area contributed by atoms with Crippen molar-refractivity contribution in [3.63, 3.8) is 0 Å². The Labute approximate surface area is 85.5 Å². The number of alkyl halides is 2. The summed E-state index contributed by atoms with van der Waals surface area (Å²) in [7, 11) is 0. The Hall–Kier alpha value is -0.360. The summed E-state index contributed by atoms with van der Waals surface area (Å²) in [4.78, 5) is 11.7. The molecule has 1 saturated heterocycles. The maximum atomic E-state index is 12.8. The van der Waals surface area contributed by atoms with Gasteiger partial charge in [-0.3, -0.25) is 4.90 Å². The molecule has 3 nitrogen and oxygen atoms in total. The predicted molar refractivity (Wildman–Crippen MR) is 50.9 cm³/mol. The summed E-state index contributed by atoms with van der Waals surface area (Å²) >= 11 is 1.64. The van der Waals surface area contributed by atoms with E-state index in [1.165, 1.54) is 4.90 Å². The average Bonchev–Trinajstić information content (AvgIpc) is 2.51. The Balaban J connectivity index is 2.42. The summed E-state index contributed by atoms with van der Waals surface area (Å²) in [6.07, 6.45) is 2.79. The largest absolute Gasteiger partial charge is 0.477 e. The summed E-state index contributed by atoms with van der Waals surface area (Å²) in [5, 5.41) is 8.60. The molecule has 0 aromatic rings. The molecule has 1 rings (SSSR count). The van der Waals surface area contributed by atoms with E-state index in [9.17, 15) is 13.6 Å². The van der Waals surface area contributed by atoms with E-state index < -0.39 is 18.4 Å². The third-order valence-electron chi connectivity index (χ3n) is 2.30. The first kappa shape index (κ1) is 11.7. The number of likely N-dealkylation sites (tertiary alicyclic amines) is 1. The van der Waals surface area contributed by atoms with E-state index >= 15 is 0 Å². The molecule has 1 unspecified atom stereocenters. The van der Waals surface area contributed by atoms with E-state index in [4.69, 9.17) is 5.11 Å². The zero-order valence-corrected chi connectivity index (χ0v) is 8.69.